The normalized spacial score (nSPS) is 17.6. The van der Waals surface area contributed by atoms with Crippen molar-refractivity contribution in [2.75, 3.05) is 6.61 Å². The number of aryl methyl sites for hydroxylation is 1. The molecule has 2 heterocycles. The molecule has 1 aliphatic rings. The van der Waals surface area contributed by atoms with Crippen LogP contribution in [0, 0.1) is 13.8 Å². The third-order valence-corrected chi connectivity index (χ3v) is 4.38. The van der Waals surface area contributed by atoms with Gasteiger partial charge in [-0.25, -0.2) is 0 Å². The average Bonchev–Trinajstić information content (AvgIpc) is 2.72. The zero-order chi connectivity index (χ0) is 14.1. The van der Waals surface area contributed by atoms with Gasteiger partial charge in [-0.05, 0) is 31.5 Å². The number of ether oxygens (including phenoxy) is 1. The van der Waals surface area contributed by atoms with Crippen LogP contribution in [0.1, 0.15) is 35.0 Å². The van der Waals surface area contributed by atoms with Gasteiger partial charge in [-0.2, -0.15) is 0 Å². The number of hydrogen-bond acceptors (Lipinski definition) is 2. The van der Waals surface area contributed by atoms with Gasteiger partial charge in [0.05, 0.1) is 6.61 Å². The third-order valence-electron chi connectivity index (χ3n) is 4.38. The van der Waals surface area contributed by atoms with Crippen molar-refractivity contribution in [2.24, 2.45) is 7.05 Å². The molecule has 0 spiro atoms. The van der Waals surface area contributed by atoms with Crippen LogP contribution in [0.2, 0.25) is 0 Å². The summed E-state index contributed by atoms with van der Waals surface area (Å²) in [7, 11) is 2.12. The largest absolute Gasteiger partial charge is 0.493 e. The molecule has 0 radical (unpaired) electrons. The first kappa shape index (κ1) is 13.3. The molecular weight excluding hydrogens is 248 g/mol. The molecule has 0 bridgehead atoms. The Labute approximate surface area is 120 Å². The Kier molecular flexibility index (Phi) is 3.53. The van der Waals surface area contributed by atoms with Crippen LogP contribution in [0.25, 0.3) is 0 Å². The zero-order valence-electron chi connectivity index (χ0n) is 12.4. The van der Waals surface area contributed by atoms with Crippen molar-refractivity contribution >= 4 is 0 Å². The molecule has 0 aliphatic carbocycles. The number of nitrogens with one attached hydrogen (secondary N) is 1. The molecule has 3 nitrogen and oxygen atoms in total. The summed E-state index contributed by atoms with van der Waals surface area (Å²) < 4.78 is 7.95. The molecule has 3 heteroatoms. The Morgan fingerprint density at radius 2 is 2.10 bits per heavy atom. The van der Waals surface area contributed by atoms with Crippen molar-refractivity contribution in [1.29, 1.82) is 0 Å². The molecule has 3 rings (SSSR count). The van der Waals surface area contributed by atoms with E-state index < -0.39 is 0 Å². The quantitative estimate of drug-likeness (QED) is 0.926. The molecule has 0 saturated heterocycles. The van der Waals surface area contributed by atoms with Gasteiger partial charge in [0.1, 0.15) is 5.75 Å². The van der Waals surface area contributed by atoms with Gasteiger partial charge in [-0.3, -0.25) is 0 Å². The van der Waals surface area contributed by atoms with Crippen LogP contribution in [0.4, 0.5) is 0 Å². The summed E-state index contributed by atoms with van der Waals surface area (Å²) in [6, 6.07) is 11.0. The first-order chi connectivity index (χ1) is 9.66. The fourth-order valence-electron chi connectivity index (χ4n) is 2.90. The SMILES string of the molecule is Cc1cc(CNC2CCOc3ccccc32)c(C)n1C. The molecule has 0 saturated carbocycles. The molecule has 1 aliphatic heterocycles. The van der Waals surface area contributed by atoms with Gasteiger partial charge in [0.25, 0.3) is 0 Å². The predicted octanol–water partition coefficient (Wildman–Crippen LogP) is 3.26. The number of benzene rings is 1. The zero-order valence-corrected chi connectivity index (χ0v) is 12.4. The predicted molar refractivity (Wildman–Crippen MR) is 81.0 cm³/mol. The van der Waals surface area contributed by atoms with Crippen LogP contribution in [0.5, 0.6) is 5.75 Å². The number of para-hydroxylation sites is 1. The number of aromatic nitrogens is 1. The van der Waals surface area contributed by atoms with E-state index in [1.165, 1.54) is 22.5 Å². The maximum atomic E-state index is 5.71. The van der Waals surface area contributed by atoms with Gasteiger partial charge in [0.15, 0.2) is 0 Å². The molecule has 1 unspecified atom stereocenters. The van der Waals surface area contributed by atoms with Gasteiger partial charge >= 0.3 is 0 Å². The van der Waals surface area contributed by atoms with E-state index in [9.17, 15) is 0 Å². The Bertz CT molecular complexity index is 615. The van der Waals surface area contributed by atoms with Crippen LogP contribution >= 0.6 is 0 Å². The van der Waals surface area contributed by atoms with E-state index in [4.69, 9.17) is 4.74 Å². The van der Waals surface area contributed by atoms with Crippen LogP contribution in [-0.4, -0.2) is 11.2 Å². The average molecular weight is 270 g/mol. The fourth-order valence-corrected chi connectivity index (χ4v) is 2.90. The molecule has 0 amide bonds. The second-order valence-corrected chi connectivity index (χ2v) is 5.56. The number of rotatable bonds is 3. The first-order valence-corrected chi connectivity index (χ1v) is 7.23. The number of nitrogens with zero attached hydrogens (tertiary/aromatic N) is 1. The van der Waals surface area contributed by atoms with Crippen LogP contribution in [0.3, 0.4) is 0 Å². The minimum absolute atomic E-state index is 0.389. The van der Waals surface area contributed by atoms with E-state index in [1.54, 1.807) is 0 Å². The highest BCUT2D eigenvalue weighted by Gasteiger charge is 2.20. The van der Waals surface area contributed by atoms with Gasteiger partial charge in [0.2, 0.25) is 0 Å². The van der Waals surface area contributed by atoms with Crippen LogP contribution in [0.15, 0.2) is 30.3 Å². The second kappa shape index (κ2) is 5.33. The molecular formula is C17H22N2O. The lowest BCUT2D eigenvalue weighted by molar-refractivity contribution is 0.252. The molecule has 1 N–H and O–H groups in total. The molecule has 2 aromatic rings. The lowest BCUT2D eigenvalue weighted by atomic mass is 10.0. The topological polar surface area (TPSA) is 26.2 Å². The molecule has 1 atom stereocenters. The summed E-state index contributed by atoms with van der Waals surface area (Å²) in [4.78, 5) is 0. The lowest BCUT2D eigenvalue weighted by Crippen LogP contribution is -2.26. The Hall–Kier alpha value is -1.74. The molecule has 20 heavy (non-hydrogen) atoms. The van der Waals surface area contributed by atoms with Gasteiger partial charge < -0.3 is 14.6 Å². The van der Waals surface area contributed by atoms with E-state index >= 15 is 0 Å². The summed E-state index contributed by atoms with van der Waals surface area (Å²) in [6.07, 6.45) is 1.03. The van der Waals surface area contributed by atoms with Gasteiger partial charge in [-0.15, -0.1) is 0 Å². The molecule has 0 fully saturated rings. The lowest BCUT2D eigenvalue weighted by Gasteiger charge is -2.26. The summed E-state index contributed by atoms with van der Waals surface area (Å²) in [5, 5.41) is 3.68. The molecule has 1 aromatic heterocycles. The van der Waals surface area contributed by atoms with Crippen LogP contribution < -0.4 is 10.1 Å². The highest BCUT2D eigenvalue weighted by Crippen LogP contribution is 2.31. The maximum Gasteiger partial charge on any atom is 0.124 e. The summed E-state index contributed by atoms with van der Waals surface area (Å²) in [5.41, 5.74) is 5.32. The smallest absolute Gasteiger partial charge is 0.124 e. The van der Waals surface area contributed by atoms with E-state index in [0.717, 1.165) is 25.3 Å². The maximum absolute atomic E-state index is 5.71. The van der Waals surface area contributed by atoms with Gasteiger partial charge in [0, 0.05) is 43.0 Å². The summed E-state index contributed by atoms with van der Waals surface area (Å²) in [6.45, 7) is 6.04. The van der Waals surface area contributed by atoms with Crippen LogP contribution in [-0.2, 0) is 13.6 Å². The molecule has 1 aromatic carbocycles. The van der Waals surface area contributed by atoms with Crippen molar-refractivity contribution in [2.45, 2.75) is 32.9 Å². The van der Waals surface area contributed by atoms with Gasteiger partial charge in [-0.1, -0.05) is 18.2 Å². The fraction of sp³-hybridized carbons (Fsp3) is 0.412. The number of hydrogen-bond donors (Lipinski definition) is 1. The van der Waals surface area contributed by atoms with Crippen molar-refractivity contribution in [3.63, 3.8) is 0 Å². The van der Waals surface area contributed by atoms with Crippen molar-refractivity contribution in [1.82, 2.24) is 9.88 Å². The van der Waals surface area contributed by atoms with E-state index in [2.05, 4.69) is 55.0 Å². The highest BCUT2D eigenvalue weighted by atomic mass is 16.5. The Morgan fingerprint density at radius 1 is 1.30 bits per heavy atom. The summed E-state index contributed by atoms with van der Waals surface area (Å²) in [5.74, 6) is 1.03. The minimum Gasteiger partial charge on any atom is -0.493 e. The van der Waals surface area contributed by atoms with E-state index in [1.807, 2.05) is 6.07 Å². The first-order valence-electron chi connectivity index (χ1n) is 7.23. The van der Waals surface area contributed by atoms with E-state index in [0.29, 0.717) is 6.04 Å². The van der Waals surface area contributed by atoms with Crippen molar-refractivity contribution in [3.05, 3.63) is 52.8 Å². The third kappa shape index (κ3) is 2.34. The van der Waals surface area contributed by atoms with Crippen molar-refractivity contribution in [3.8, 4) is 5.75 Å². The Balaban J connectivity index is 1.75. The Morgan fingerprint density at radius 3 is 2.85 bits per heavy atom. The minimum atomic E-state index is 0.389. The highest BCUT2D eigenvalue weighted by molar-refractivity contribution is 5.37. The standard InChI is InChI=1S/C17H22N2O/c1-12-10-14(13(2)19(12)3)11-18-16-8-9-20-17-7-5-4-6-15(16)17/h4-7,10,16,18H,8-9,11H2,1-3H3. The second-order valence-electron chi connectivity index (χ2n) is 5.56. The van der Waals surface area contributed by atoms with Crippen molar-refractivity contribution < 1.29 is 4.74 Å². The summed E-state index contributed by atoms with van der Waals surface area (Å²) >= 11 is 0. The monoisotopic (exact) mass is 270 g/mol. The number of fused-ring (bicyclic) bond motifs is 1. The van der Waals surface area contributed by atoms with E-state index in [-0.39, 0.29) is 0 Å². The molecule has 106 valence electrons.